The normalized spacial score (nSPS) is 10.4. The second-order valence-corrected chi connectivity index (χ2v) is 5.37. The number of ether oxygens (including phenoxy) is 2. The highest BCUT2D eigenvalue weighted by Gasteiger charge is 2.12. The molecule has 0 atom stereocenters. The van der Waals surface area contributed by atoms with E-state index in [0.29, 0.717) is 10.7 Å². The third-order valence-electron chi connectivity index (χ3n) is 3.04. The number of ketones is 1. The molecule has 2 rings (SSSR count). The van der Waals surface area contributed by atoms with Crippen LogP contribution < -0.4 is 14.8 Å². The van der Waals surface area contributed by atoms with E-state index in [1.54, 1.807) is 6.07 Å². The standard InChI is InChI=1S/C17H14ClF2NO4/c1-10(22)14-8-11(18)2-7-15(14)24-9-16(23)21-12-3-5-13(6-4-12)25-17(19)20/h2-8,17H,9H2,1H3,(H,21,23). The highest BCUT2D eigenvalue weighted by Crippen LogP contribution is 2.23. The van der Waals surface area contributed by atoms with Crippen LogP contribution >= 0.6 is 11.6 Å². The molecule has 8 heteroatoms. The van der Waals surface area contributed by atoms with E-state index in [1.165, 1.54) is 43.3 Å². The zero-order chi connectivity index (χ0) is 18.4. The first-order valence-electron chi connectivity index (χ1n) is 7.13. The number of carbonyl (C=O) groups excluding carboxylic acids is 2. The number of hydrogen-bond acceptors (Lipinski definition) is 4. The summed E-state index contributed by atoms with van der Waals surface area (Å²) in [7, 11) is 0. The predicted octanol–water partition coefficient (Wildman–Crippen LogP) is 4.16. The third kappa shape index (κ3) is 5.72. The molecule has 0 unspecified atom stereocenters. The number of halogens is 3. The Morgan fingerprint density at radius 3 is 2.44 bits per heavy atom. The average Bonchev–Trinajstić information content (AvgIpc) is 2.55. The fraction of sp³-hybridized carbons (Fsp3) is 0.176. The molecule has 5 nitrogen and oxygen atoms in total. The van der Waals surface area contributed by atoms with Gasteiger partial charge in [-0.25, -0.2) is 0 Å². The zero-order valence-electron chi connectivity index (χ0n) is 13.1. The SMILES string of the molecule is CC(=O)c1cc(Cl)ccc1OCC(=O)Nc1ccc(OC(F)F)cc1. The third-order valence-corrected chi connectivity index (χ3v) is 3.28. The lowest BCUT2D eigenvalue weighted by molar-refractivity contribution is -0.118. The highest BCUT2D eigenvalue weighted by molar-refractivity contribution is 6.31. The molecule has 1 amide bonds. The van der Waals surface area contributed by atoms with Crippen molar-refractivity contribution in [2.24, 2.45) is 0 Å². The van der Waals surface area contributed by atoms with E-state index in [-0.39, 0.29) is 29.5 Å². The molecule has 0 aliphatic rings. The van der Waals surface area contributed by atoms with Crippen molar-refractivity contribution in [1.29, 1.82) is 0 Å². The lowest BCUT2D eigenvalue weighted by atomic mass is 10.1. The first-order chi connectivity index (χ1) is 11.8. The average molecular weight is 370 g/mol. The minimum Gasteiger partial charge on any atom is -0.483 e. The molecule has 0 saturated heterocycles. The molecule has 0 fully saturated rings. The van der Waals surface area contributed by atoms with Gasteiger partial charge in [0.25, 0.3) is 5.91 Å². The van der Waals surface area contributed by atoms with Gasteiger partial charge in [-0.15, -0.1) is 0 Å². The number of anilines is 1. The van der Waals surface area contributed by atoms with Crippen LogP contribution in [0.2, 0.25) is 5.02 Å². The van der Waals surface area contributed by atoms with Gasteiger partial charge in [-0.1, -0.05) is 11.6 Å². The molecule has 2 aromatic rings. The van der Waals surface area contributed by atoms with Crippen molar-refractivity contribution in [2.45, 2.75) is 13.5 Å². The van der Waals surface area contributed by atoms with Gasteiger partial charge < -0.3 is 14.8 Å². The van der Waals surface area contributed by atoms with Crippen LogP contribution in [0.25, 0.3) is 0 Å². The van der Waals surface area contributed by atoms with Gasteiger partial charge in [0.15, 0.2) is 12.4 Å². The molecule has 132 valence electrons. The largest absolute Gasteiger partial charge is 0.483 e. The van der Waals surface area contributed by atoms with Gasteiger partial charge in [0.1, 0.15) is 11.5 Å². The smallest absolute Gasteiger partial charge is 0.387 e. The number of amides is 1. The molecule has 25 heavy (non-hydrogen) atoms. The van der Waals surface area contributed by atoms with Gasteiger partial charge in [-0.3, -0.25) is 9.59 Å². The maximum Gasteiger partial charge on any atom is 0.387 e. The van der Waals surface area contributed by atoms with E-state index in [2.05, 4.69) is 10.1 Å². The van der Waals surface area contributed by atoms with Crippen molar-refractivity contribution in [1.82, 2.24) is 0 Å². The van der Waals surface area contributed by atoms with Crippen LogP contribution in [0.15, 0.2) is 42.5 Å². The second-order valence-electron chi connectivity index (χ2n) is 4.94. The zero-order valence-corrected chi connectivity index (χ0v) is 13.8. The molecule has 2 aromatic carbocycles. The summed E-state index contributed by atoms with van der Waals surface area (Å²) in [5.41, 5.74) is 0.659. The monoisotopic (exact) mass is 369 g/mol. The Hall–Kier alpha value is -2.67. The lowest BCUT2D eigenvalue weighted by Crippen LogP contribution is -2.20. The summed E-state index contributed by atoms with van der Waals surface area (Å²) in [5.74, 6) is -0.497. The minimum absolute atomic E-state index is 0.0171. The first kappa shape index (κ1) is 18.7. The quantitative estimate of drug-likeness (QED) is 0.744. The molecule has 0 radical (unpaired) electrons. The fourth-order valence-corrected chi connectivity index (χ4v) is 2.14. The molecule has 0 aliphatic heterocycles. The van der Waals surface area contributed by atoms with Crippen molar-refractivity contribution in [3.63, 3.8) is 0 Å². The van der Waals surface area contributed by atoms with E-state index in [1.807, 2.05) is 0 Å². The van der Waals surface area contributed by atoms with E-state index in [4.69, 9.17) is 16.3 Å². The van der Waals surface area contributed by atoms with Gasteiger partial charge >= 0.3 is 6.61 Å². The summed E-state index contributed by atoms with van der Waals surface area (Å²) in [5, 5.41) is 2.92. The Morgan fingerprint density at radius 2 is 1.84 bits per heavy atom. The predicted molar refractivity (Wildman–Crippen MR) is 88.7 cm³/mol. The van der Waals surface area contributed by atoms with E-state index >= 15 is 0 Å². The van der Waals surface area contributed by atoms with E-state index in [0.717, 1.165) is 0 Å². The van der Waals surface area contributed by atoms with Crippen molar-refractivity contribution < 1.29 is 27.8 Å². The summed E-state index contributed by atoms with van der Waals surface area (Å²) >= 11 is 5.83. The summed E-state index contributed by atoms with van der Waals surface area (Å²) < 4.78 is 33.7. The molecular formula is C17H14ClF2NO4. The Balaban J connectivity index is 1.94. The number of rotatable bonds is 7. The summed E-state index contributed by atoms with van der Waals surface area (Å²) in [6.07, 6.45) is 0. The van der Waals surface area contributed by atoms with Crippen LogP contribution in [-0.4, -0.2) is 24.9 Å². The number of alkyl halides is 2. The molecule has 1 N–H and O–H groups in total. The second kappa shape index (κ2) is 8.43. The van der Waals surface area contributed by atoms with E-state index < -0.39 is 12.5 Å². The topological polar surface area (TPSA) is 64.6 Å². The van der Waals surface area contributed by atoms with Crippen molar-refractivity contribution in [3.05, 3.63) is 53.1 Å². The maximum atomic E-state index is 12.1. The summed E-state index contributed by atoms with van der Waals surface area (Å²) in [6, 6.07) is 9.94. The van der Waals surface area contributed by atoms with Crippen LogP contribution in [0.4, 0.5) is 14.5 Å². The van der Waals surface area contributed by atoms with Gasteiger partial charge in [0, 0.05) is 10.7 Å². The Bertz CT molecular complexity index is 766. The van der Waals surface area contributed by atoms with Crippen LogP contribution in [0.3, 0.4) is 0 Å². The number of nitrogens with one attached hydrogen (secondary N) is 1. The molecule has 0 spiro atoms. The Kier molecular flexibility index (Phi) is 6.30. The number of Topliss-reactive ketones (excluding diaryl/α,β-unsaturated/α-hetero) is 1. The molecule has 0 aromatic heterocycles. The molecular weight excluding hydrogens is 356 g/mol. The number of hydrogen-bond donors (Lipinski definition) is 1. The number of carbonyl (C=O) groups is 2. The first-order valence-corrected chi connectivity index (χ1v) is 7.51. The molecule has 0 aliphatic carbocycles. The van der Waals surface area contributed by atoms with Gasteiger partial charge in [-0.05, 0) is 49.4 Å². The molecule has 0 saturated carbocycles. The highest BCUT2D eigenvalue weighted by atomic mass is 35.5. The Morgan fingerprint density at radius 1 is 1.16 bits per heavy atom. The Labute approximate surface area is 147 Å². The van der Waals surface area contributed by atoms with Crippen LogP contribution in [0.1, 0.15) is 17.3 Å². The van der Waals surface area contributed by atoms with Crippen molar-refractivity contribution in [2.75, 3.05) is 11.9 Å². The van der Waals surface area contributed by atoms with Crippen molar-refractivity contribution in [3.8, 4) is 11.5 Å². The van der Waals surface area contributed by atoms with Gasteiger partial charge in [0.05, 0.1) is 5.56 Å². The lowest BCUT2D eigenvalue weighted by Gasteiger charge is -2.11. The van der Waals surface area contributed by atoms with E-state index in [9.17, 15) is 18.4 Å². The maximum absolute atomic E-state index is 12.1. The van der Waals surface area contributed by atoms with Crippen molar-refractivity contribution >= 4 is 29.0 Å². The van der Waals surface area contributed by atoms with Gasteiger partial charge in [-0.2, -0.15) is 8.78 Å². The molecule has 0 bridgehead atoms. The number of benzene rings is 2. The van der Waals surface area contributed by atoms with Gasteiger partial charge in [0.2, 0.25) is 0 Å². The molecule has 0 heterocycles. The fourth-order valence-electron chi connectivity index (χ4n) is 1.96. The minimum atomic E-state index is -2.91. The van der Waals surface area contributed by atoms with Crippen LogP contribution in [-0.2, 0) is 4.79 Å². The van der Waals surface area contributed by atoms with Crippen LogP contribution in [0.5, 0.6) is 11.5 Å². The summed E-state index contributed by atoms with van der Waals surface area (Å²) in [6.45, 7) is -1.89. The summed E-state index contributed by atoms with van der Waals surface area (Å²) in [4.78, 5) is 23.5. The van der Waals surface area contributed by atoms with Crippen LogP contribution in [0, 0.1) is 0 Å².